The van der Waals surface area contributed by atoms with Crippen LogP contribution in [-0.4, -0.2) is 26.5 Å². The van der Waals surface area contributed by atoms with Gasteiger partial charge in [-0.2, -0.15) is 0 Å². The minimum atomic E-state index is -1.06. The minimum absolute atomic E-state index is 0.0825. The van der Waals surface area contributed by atoms with Crippen LogP contribution in [0.4, 0.5) is 5.82 Å². The number of carbonyl (C=O) groups excluding carboxylic acids is 1. The number of carbonyl (C=O) groups is 2. The van der Waals surface area contributed by atoms with Gasteiger partial charge in [-0.1, -0.05) is 0 Å². The highest BCUT2D eigenvalue weighted by Gasteiger charge is 2.27. The van der Waals surface area contributed by atoms with Crippen molar-refractivity contribution in [1.82, 2.24) is 9.55 Å². The lowest BCUT2D eigenvalue weighted by atomic mass is 10.2. The summed E-state index contributed by atoms with van der Waals surface area (Å²) in [6.07, 6.45) is 5.37. The number of anilines is 1. The van der Waals surface area contributed by atoms with Gasteiger partial charge in [0.15, 0.2) is 0 Å². The Hall–Kier alpha value is -2.15. The molecule has 1 aliphatic carbocycles. The maximum Gasteiger partial charge on any atom is 0.335 e. The lowest BCUT2D eigenvalue weighted by molar-refractivity contribution is 0.0696. The van der Waals surface area contributed by atoms with Crippen LogP contribution in [0, 0.1) is 0 Å². The first-order chi connectivity index (χ1) is 10.0. The molecule has 1 saturated carbocycles. The monoisotopic (exact) mass is 349 g/mol. The highest BCUT2D eigenvalue weighted by molar-refractivity contribution is 9.10. The molecule has 0 aliphatic heterocycles. The molecular weight excluding hydrogens is 338 g/mol. The topological polar surface area (TPSA) is 84.2 Å². The van der Waals surface area contributed by atoms with Crippen molar-refractivity contribution in [3.63, 3.8) is 0 Å². The van der Waals surface area contributed by atoms with E-state index in [2.05, 4.69) is 26.2 Å². The van der Waals surface area contributed by atoms with Crippen molar-refractivity contribution in [3.8, 4) is 0 Å². The number of aromatic nitrogens is 2. The van der Waals surface area contributed by atoms with Crippen LogP contribution in [0.2, 0.25) is 0 Å². The second kappa shape index (κ2) is 5.33. The fourth-order valence-electron chi connectivity index (χ4n) is 2.09. The molecule has 0 unspecified atom stereocenters. The lowest BCUT2D eigenvalue weighted by Crippen LogP contribution is -2.17. The molecule has 0 saturated heterocycles. The van der Waals surface area contributed by atoms with E-state index in [0.29, 0.717) is 11.7 Å². The Bertz CT molecular complexity index is 722. The van der Waals surface area contributed by atoms with Gasteiger partial charge in [0.05, 0.1) is 5.56 Å². The first-order valence-electron chi connectivity index (χ1n) is 6.42. The molecule has 7 heteroatoms. The average Bonchev–Trinajstić information content (AvgIpc) is 3.21. The summed E-state index contributed by atoms with van der Waals surface area (Å²) in [5, 5.41) is 11.6. The Kier molecular flexibility index (Phi) is 3.50. The molecule has 21 heavy (non-hydrogen) atoms. The third kappa shape index (κ3) is 2.97. The number of pyridine rings is 1. The van der Waals surface area contributed by atoms with Gasteiger partial charge < -0.3 is 15.0 Å². The number of nitrogens with one attached hydrogen (secondary N) is 1. The maximum absolute atomic E-state index is 12.3. The number of nitrogens with zero attached hydrogens (tertiary/aromatic N) is 2. The molecule has 1 aliphatic rings. The summed E-state index contributed by atoms with van der Waals surface area (Å²) >= 11 is 3.37. The van der Waals surface area contributed by atoms with Crippen molar-refractivity contribution in [2.45, 2.75) is 18.9 Å². The normalized spacial score (nSPS) is 14.0. The summed E-state index contributed by atoms with van der Waals surface area (Å²) in [6, 6.07) is 4.82. The molecule has 2 aromatic rings. The maximum atomic E-state index is 12.3. The van der Waals surface area contributed by atoms with Crippen LogP contribution in [0.5, 0.6) is 0 Å². The molecule has 3 rings (SSSR count). The molecule has 1 amide bonds. The molecule has 1 fully saturated rings. The quantitative estimate of drug-likeness (QED) is 0.888. The Labute approximate surface area is 128 Å². The van der Waals surface area contributed by atoms with Gasteiger partial charge in [0.2, 0.25) is 0 Å². The van der Waals surface area contributed by atoms with Gasteiger partial charge in [0.1, 0.15) is 11.5 Å². The summed E-state index contributed by atoms with van der Waals surface area (Å²) in [5.74, 6) is -1.14. The van der Waals surface area contributed by atoms with E-state index in [1.165, 1.54) is 18.3 Å². The van der Waals surface area contributed by atoms with Gasteiger partial charge in [-0.25, -0.2) is 9.78 Å². The molecule has 108 valence electrons. The number of hydrogen-bond acceptors (Lipinski definition) is 3. The standard InChI is InChI=1S/C14H12BrN3O3/c15-9-6-11(18(7-9)10-1-2-10)13(19)17-12-5-8(14(20)21)3-4-16-12/h3-7,10H,1-2H2,(H,20,21)(H,16,17,19). The Morgan fingerprint density at radius 2 is 2.14 bits per heavy atom. The molecule has 0 bridgehead atoms. The van der Waals surface area contributed by atoms with Crippen LogP contribution >= 0.6 is 15.9 Å². The minimum Gasteiger partial charge on any atom is -0.478 e. The summed E-state index contributed by atoms with van der Waals surface area (Å²) in [4.78, 5) is 27.2. The third-order valence-corrected chi connectivity index (χ3v) is 3.67. The van der Waals surface area contributed by atoms with Crippen molar-refractivity contribution in [2.75, 3.05) is 5.32 Å². The number of carboxylic acid groups (broad SMARTS) is 1. The predicted molar refractivity (Wildman–Crippen MR) is 79.6 cm³/mol. The van der Waals surface area contributed by atoms with Gasteiger partial charge in [-0.3, -0.25) is 4.79 Å². The number of aromatic carboxylic acids is 1. The van der Waals surface area contributed by atoms with Crippen LogP contribution in [-0.2, 0) is 0 Å². The van der Waals surface area contributed by atoms with Crippen LogP contribution in [0.3, 0.4) is 0 Å². The highest BCUT2D eigenvalue weighted by Crippen LogP contribution is 2.37. The smallest absolute Gasteiger partial charge is 0.335 e. The van der Waals surface area contributed by atoms with Crippen molar-refractivity contribution >= 4 is 33.6 Å². The molecular formula is C14H12BrN3O3. The molecule has 2 N–H and O–H groups in total. The SMILES string of the molecule is O=C(O)c1ccnc(NC(=O)c2cc(Br)cn2C2CC2)c1. The fraction of sp³-hybridized carbons (Fsp3) is 0.214. The number of amides is 1. The predicted octanol–water partition coefficient (Wildman–Crippen LogP) is 2.93. The lowest BCUT2D eigenvalue weighted by Gasteiger charge is -2.08. The van der Waals surface area contributed by atoms with E-state index in [4.69, 9.17) is 5.11 Å². The van der Waals surface area contributed by atoms with E-state index in [1.54, 1.807) is 6.07 Å². The van der Waals surface area contributed by atoms with Crippen LogP contribution in [0.15, 0.2) is 35.1 Å². The van der Waals surface area contributed by atoms with Gasteiger partial charge in [0.25, 0.3) is 5.91 Å². The second-order valence-electron chi connectivity index (χ2n) is 4.87. The molecule has 0 aromatic carbocycles. The van der Waals surface area contributed by atoms with Crippen LogP contribution in [0.1, 0.15) is 39.7 Å². The van der Waals surface area contributed by atoms with E-state index in [-0.39, 0.29) is 17.3 Å². The van der Waals surface area contributed by atoms with Crippen molar-refractivity contribution < 1.29 is 14.7 Å². The molecule has 0 atom stereocenters. The molecule has 0 radical (unpaired) electrons. The fourth-order valence-corrected chi connectivity index (χ4v) is 2.53. The highest BCUT2D eigenvalue weighted by atomic mass is 79.9. The van der Waals surface area contributed by atoms with Crippen molar-refractivity contribution in [1.29, 1.82) is 0 Å². The van der Waals surface area contributed by atoms with Gasteiger partial charge in [-0.05, 0) is 47.0 Å². The number of carboxylic acids is 1. The Balaban J connectivity index is 1.83. The first kappa shape index (κ1) is 13.8. The number of hydrogen-bond donors (Lipinski definition) is 2. The van der Waals surface area contributed by atoms with Gasteiger partial charge in [0, 0.05) is 22.9 Å². The van der Waals surface area contributed by atoms with E-state index in [0.717, 1.165) is 17.3 Å². The molecule has 0 spiro atoms. The van der Waals surface area contributed by atoms with Crippen molar-refractivity contribution in [3.05, 3.63) is 46.3 Å². The zero-order valence-electron chi connectivity index (χ0n) is 10.9. The van der Waals surface area contributed by atoms with E-state index in [9.17, 15) is 9.59 Å². The van der Waals surface area contributed by atoms with Crippen molar-refractivity contribution in [2.24, 2.45) is 0 Å². The summed E-state index contributed by atoms with van der Waals surface area (Å²) in [6.45, 7) is 0. The third-order valence-electron chi connectivity index (χ3n) is 3.24. The van der Waals surface area contributed by atoms with Gasteiger partial charge in [-0.15, -0.1) is 0 Å². The molecule has 2 aromatic heterocycles. The van der Waals surface area contributed by atoms with E-state index >= 15 is 0 Å². The van der Waals surface area contributed by atoms with Crippen LogP contribution < -0.4 is 5.32 Å². The molecule has 6 nitrogen and oxygen atoms in total. The average molecular weight is 350 g/mol. The van der Waals surface area contributed by atoms with E-state index in [1.807, 2.05) is 10.8 Å². The zero-order valence-corrected chi connectivity index (χ0v) is 12.5. The largest absolute Gasteiger partial charge is 0.478 e. The summed E-state index contributed by atoms with van der Waals surface area (Å²) in [7, 11) is 0. The summed E-state index contributed by atoms with van der Waals surface area (Å²) in [5.41, 5.74) is 0.617. The first-order valence-corrected chi connectivity index (χ1v) is 7.22. The summed E-state index contributed by atoms with van der Waals surface area (Å²) < 4.78 is 2.77. The number of halogens is 1. The Morgan fingerprint density at radius 3 is 2.81 bits per heavy atom. The van der Waals surface area contributed by atoms with Crippen LogP contribution in [0.25, 0.3) is 0 Å². The molecule has 2 heterocycles. The van der Waals surface area contributed by atoms with E-state index < -0.39 is 5.97 Å². The number of rotatable bonds is 4. The Morgan fingerprint density at radius 1 is 1.38 bits per heavy atom. The van der Waals surface area contributed by atoms with Gasteiger partial charge >= 0.3 is 5.97 Å². The zero-order chi connectivity index (χ0) is 15.0. The second-order valence-corrected chi connectivity index (χ2v) is 5.79.